The van der Waals surface area contributed by atoms with Crippen molar-refractivity contribution in [1.82, 2.24) is 14.9 Å². The lowest BCUT2D eigenvalue weighted by Crippen LogP contribution is -2.34. The lowest BCUT2D eigenvalue weighted by Gasteiger charge is -2.12. The lowest BCUT2D eigenvalue weighted by molar-refractivity contribution is 0.0957. The molecule has 122 valence electrons. The van der Waals surface area contributed by atoms with Crippen LogP contribution in [0.25, 0.3) is 10.9 Å². The van der Waals surface area contributed by atoms with Crippen LogP contribution in [0.1, 0.15) is 28.2 Å². The highest BCUT2D eigenvalue weighted by Gasteiger charge is 2.32. The third-order valence-corrected chi connectivity index (χ3v) is 5.75. The molecule has 1 aliphatic heterocycles. The molecule has 0 aliphatic carbocycles. The zero-order chi connectivity index (χ0) is 16.5. The molecule has 3 aromatic rings. The van der Waals surface area contributed by atoms with Crippen molar-refractivity contribution in [3.05, 3.63) is 66.1 Å². The Hall–Kier alpha value is -2.11. The fourth-order valence-corrected chi connectivity index (χ4v) is 4.46. The van der Waals surface area contributed by atoms with Crippen LogP contribution in [0.3, 0.4) is 0 Å². The predicted octanol–water partition coefficient (Wildman–Crippen LogP) is 3.64. The summed E-state index contributed by atoms with van der Waals surface area (Å²) in [7, 11) is 0. The van der Waals surface area contributed by atoms with Crippen LogP contribution >= 0.6 is 11.8 Å². The molecule has 2 unspecified atom stereocenters. The van der Waals surface area contributed by atoms with Gasteiger partial charge in [-0.15, -0.1) is 11.8 Å². The molecule has 1 aromatic carbocycles. The molecule has 0 spiro atoms. The number of nitrogens with one attached hydrogen (secondary N) is 1. The number of aryl methyl sites for hydroxylation is 1. The van der Waals surface area contributed by atoms with E-state index < -0.39 is 0 Å². The normalized spacial score (nSPS) is 20.5. The third kappa shape index (κ3) is 2.64. The minimum atomic E-state index is -0.156. The molecule has 2 atom stereocenters. The number of carbonyl (C=O) groups excluding carboxylic acids is 1. The van der Waals surface area contributed by atoms with E-state index in [1.165, 1.54) is 0 Å². The molecule has 4 nitrogen and oxygen atoms in total. The molecule has 1 fully saturated rings. The van der Waals surface area contributed by atoms with Gasteiger partial charge in [-0.25, -0.2) is 0 Å². The van der Waals surface area contributed by atoms with E-state index in [1.54, 1.807) is 18.0 Å². The van der Waals surface area contributed by atoms with Gasteiger partial charge in [-0.1, -0.05) is 24.3 Å². The number of hydrogen-bond acceptors (Lipinski definition) is 4. The first-order chi connectivity index (χ1) is 11.8. The summed E-state index contributed by atoms with van der Waals surface area (Å²) in [6, 6.07) is 11.9. The second-order valence-electron chi connectivity index (χ2n) is 5.93. The number of Topliss-reactive ketones (excluding diaryl/α,β-unsaturated/α-hetero) is 1. The van der Waals surface area contributed by atoms with Gasteiger partial charge in [0, 0.05) is 47.4 Å². The molecule has 0 amide bonds. The predicted molar refractivity (Wildman–Crippen MR) is 98.3 cm³/mol. The summed E-state index contributed by atoms with van der Waals surface area (Å²) in [6.07, 6.45) is 5.63. The largest absolute Gasteiger partial charge is 0.347 e. The Labute approximate surface area is 145 Å². The Morgan fingerprint density at radius 3 is 3.00 bits per heavy atom. The zero-order valence-corrected chi connectivity index (χ0v) is 14.3. The van der Waals surface area contributed by atoms with Crippen LogP contribution in [-0.4, -0.2) is 27.1 Å². The van der Waals surface area contributed by atoms with E-state index >= 15 is 0 Å². The fourth-order valence-electron chi connectivity index (χ4n) is 3.24. The number of rotatable bonds is 4. The van der Waals surface area contributed by atoms with Gasteiger partial charge < -0.3 is 4.57 Å². The van der Waals surface area contributed by atoms with Crippen LogP contribution in [0.2, 0.25) is 0 Å². The SMILES string of the molecule is CCn1cc(C(=O)C2CSC(c3cccnc3)N2)c2ccccc21. The molecule has 1 aliphatic rings. The summed E-state index contributed by atoms with van der Waals surface area (Å²) in [5.74, 6) is 0.960. The van der Waals surface area contributed by atoms with Gasteiger partial charge in [-0.05, 0) is 24.6 Å². The summed E-state index contributed by atoms with van der Waals surface area (Å²) in [5.41, 5.74) is 3.06. The van der Waals surface area contributed by atoms with E-state index in [0.717, 1.165) is 34.3 Å². The molecule has 24 heavy (non-hydrogen) atoms. The van der Waals surface area contributed by atoms with E-state index in [-0.39, 0.29) is 17.2 Å². The first-order valence-corrected chi connectivity index (χ1v) is 9.22. The number of aromatic nitrogens is 2. The van der Waals surface area contributed by atoms with Crippen LogP contribution in [0.4, 0.5) is 0 Å². The van der Waals surface area contributed by atoms with Crippen molar-refractivity contribution in [2.75, 3.05) is 5.75 Å². The van der Waals surface area contributed by atoms with Crippen LogP contribution in [0.5, 0.6) is 0 Å². The van der Waals surface area contributed by atoms with Crippen molar-refractivity contribution in [1.29, 1.82) is 0 Å². The summed E-state index contributed by atoms with van der Waals surface area (Å²) < 4.78 is 2.14. The summed E-state index contributed by atoms with van der Waals surface area (Å²) in [6.45, 7) is 2.96. The number of ketones is 1. The van der Waals surface area contributed by atoms with Gasteiger partial charge in [-0.3, -0.25) is 15.1 Å². The summed E-state index contributed by atoms with van der Waals surface area (Å²) >= 11 is 1.77. The number of para-hydroxylation sites is 1. The van der Waals surface area contributed by atoms with Crippen molar-refractivity contribution in [3.8, 4) is 0 Å². The molecule has 0 bridgehead atoms. The maximum absolute atomic E-state index is 13.1. The second-order valence-corrected chi connectivity index (χ2v) is 7.07. The number of fused-ring (bicyclic) bond motifs is 1. The van der Waals surface area contributed by atoms with Crippen molar-refractivity contribution in [2.24, 2.45) is 0 Å². The zero-order valence-electron chi connectivity index (χ0n) is 13.5. The average molecular weight is 337 g/mol. The lowest BCUT2D eigenvalue weighted by atomic mass is 10.0. The molecule has 1 saturated heterocycles. The molecule has 5 heteroatoms. The van der Waals surface area contributed by atoms with Gasteiger partial charge >= 0.3 is 0 Å². The first-order valence-electron chi connectivity index (χ1n) is 8.17. The number of thioether (sulfide) groups is 1. The second kappa shape index (κ2) is 6.42. The van der Waals surface area contributed by atoms with Gasteiger partial charge in [0.15, 0.2) is 5.78 Å². The summed E-state index contributed by atoms with van der Waals surface area (Å²) in [4.78, 5) is 17.2. The van der Waals surface area contributed by atoms with Crippen LogP contribution in [0.15, 0.2) is 55.0 Å². The highest BCUT2D eigenvalue weighted by molar-refractivity contribution is 7.99. The topological polar surface area (TPSA) is 46.9 Å². The Balaban J connectivity index is 1.61. The third-order valence-electron chi connectivity index (χ3n) is 4.48. The Bertz CT molecular complexity index is 875. The fraction of sp³-hybridized carbons (Fsp3) is 0.263. The van der Waals surface area contributed by atoms with Crippen molar-refractivity contribution in [2.45, 2.75) is 24.9 Å². The van der Waals surface area contributed by atoms with Crippen LogP contribution in [0, 0.1) is 0 Å². The van der Waals surface area contributed by atoms with Gasteiger partial charge in [0.05, 0.1) is 11.4 Å². The molecule has 4 rings (SSSR count). The van der Waals surface area contributed by atoms with Gasteiger partial charge in [-0.2, -0.15) is 0 Å². The van der Waals surface area contributed by atoms with E-state index in [2.05, 4.69) is 27.9 Å². The van der Waals surface area contributed by atoms with Gasteiger partial charge in [0.2, 0.25) is 0 Å². The molecule has 0 radical (unpaired) electrons. The molecule has 1 N–H and O–H groups in total. The molecule has 3 heterocycles. The summed E-state index contributed by atoms with van der Waals surface area (Å²) in [5, 5.41) is 4.64. The van der Waals surface area contributed by atoms with E-state index in [0.29, 0.717) is 0 Å². The maximum Gasteiger partial charge on any atom is 0.182 e. The maximum atomic E-state index is 13.1. The molecular weight excluding hydrogens is 318 g/mol. The number of benzene rings is 1. The minimum Gasteiger partial charge on any atom is -0.347 e. The number of hydrogen-bond donors (Lipinski definition) is 1. The molecule has 2 aromatic heterocycles. The first kappa shape index (κ1) is 15.4. The Morgan fingerprint density at radius 2 is 2.21 bits per heavy atom. The van der Waals surface area contributed by atoms with E-state index in [9.17, 15) is 4.79 Å². The van der Waals surface area contributed by atoms with Gasteiger partial charge in [0.1, 0.15) is 0 Å². The minimum absolute atomic E-state index is 0.132. The van der Waals surface area contributed by atoms with Crippen molar-refractivity contribution >= 4 is 28.4 Å². The number of pyridine rings is 1. The number of carbonyl (C=O) groups is 1. The highest BCUT2D eigenvalue weighted by atomic mass is 32.2. The quantitative estimate of drug-likeness (QED) is 0.738. The van der Waals surface area contributed by atoms with E-state index in [4.69, 9.17) is 0 Å². The smallest absolute Gasteiger partial charge is 0.182 e. The van der Waals surface area contributed by atoms with Crippen molar-refractivity contribution < 1.29 is 4.79 Å². The van der Waals surface area contributed by atoms with E-state index in [1.807, 2.05) is 42.7 Å². The Morgan fingerprint density at radius 1 is 1.33 bits per heavy atom. The number of nitrogens with zero attached hydrogens (tertiary/aromatic N) is 2. The average Bonchev–Trinajstić information content (AvgIpc) is 3.27. The van der Waals surface area contributed by atoms with Crippen LogP contribution in [-0.2, 0) is 6.54 Å². The van der Waals surface area contributed by atoms with Crippen molar-refractivity contribution in [3.63, 3.8) is 0 Å². The highest BCUT2D eigenvalue weighted by Crippen LogP contribution is 2.34. The van der Waals surface area contributed by atoms with Gasteiger partial charge in [0.25, 0.3) is 0 Å². The van der Waals surface area contributed by atoms with Crippen LogP contribution < -0.4 is 5.32 Å². The molecular formula is C19H19N3OS. The molecule has 0 saturated carbocycles. The standard InChI is InChI=1S/C19H19N3OS/c1-2-22-11-15(14-7-3-4-8-17(14)22)18(23)16-12-24-19(21-16)13-6-5-9-20-10-13/h3-11,16,19,21H,2,12H2,1H3. The monoisotopic (exact) mass is 337 g/mol. The Kier molecular flexibility index (Phi) is 4.12.